The number of likely N-dealkylation sites (tertiary alicyclic amines) is 1. The lowest BCUT2D eigenvalue weighted by atomic mass is 9.74. The molecule has 2 rings (SSSR count). The first kappa shape index (κ1) is 15.8. The zero-order chi connectivity index (χ0) is 15.3. The second-order valence-electron chi connectivity index (χ2n) is 6.03. The number of carbonyl (C=O) groups is 1. The summed E-state index contributed by atoms with van der Waals surface area (Å²) in [5, 5.41) is 2.98. The first-order valence-electron chi connectivity index (χ1n) is 7.97. The van der Waals surface area contributed by atoms with E-state index in [0.717, 1.165) is 37.2 Å². The number of hydrogen-bond acceptors (Lipinski definition) is 2. The molecule has 1 aromatic carbocycles. The van der Waals surface area contributed by atoms with Gasteiger partial charge in [0.2, 0.25) is 0 Å². The van der Waals surface area contributed by atoms with E-state index < -0.39 is 0 Å². The predicted octanol–water partition coefficient (Wildman–Crippen LogP) is 3.58. The number of hydrogen-bond donors (Lipinski definition) is 2. The molecule has 4 heteroatoms. The van der Waals surface area contributed by atoms with E-state index in [-0.39, 0.29) is 6.03 Å². The molecular weight excluding hydrogens is 262 g/mol. The van der Waals surface area contributed by atoms with Crippen LogP contribution in [0.3, 0.4) is 0 Å². The van der Waals surface area contributed by atoms with E-state index in [4.69, 9.17) is 5.73 Å². The molecule has 0 unspecified atom stereocenters. The van der Waals surface area contributed by atoms with Crippen molar-refractivity contribution in [1.82, 2.24) is 4.90 Å². The first-order chi connectivity index (χ1) is 10.1. The van der Waals surface area contributed by atoms with Gasteiger partial charge in [0.15, 0.2) is 0 Å². The third-order valence-electron chi connectivity index (χ3n) is 5.03. The zero-order valence-corrected chi connectivity index (χ0v) is 13.2. The molecule has 1 aromatic rings. The second-order valence-corrected chi connectivity index (χ2v) is 6.03. The lowest BCUT2D eigenvalue weighted by molar-refractivity contribution is 0.114. The molecule has 2 amide bonds. The Labute approximate surface area is 127 Å². The number of nitrogens with zero attached hydrogens (tertiary/aromatic N) is 1. The summed E-state index contributed by atoms with van der Waals surface area (Å²) in [6.45, 7) is 6.71. The molecular formula is C17H27N3O. The Kier molecular flexibility index (Phi) is 5.23. The van der Waals surface area contributed by atoms with Crippen LogP contribution >= 0.6 is 0 Å². The van der Waals surface area contributed by atoms with Gasteiger partial charge in [0.05, 0.1) is 0 Å². The molecule has 0 bridgehead atoms. The fourth-order valence-corrected chi connectivity index (χ4v) is 3.12. The Bertz CT molecular complexity index is 473. The number of nitrogens with two attached hydrogens (primary N) is 1. The molecule has 1 heterocycles. The van der Waals surface area contributed by atoms with Crippen molar-refractivity contribution in [3.63, 3.8) is 0 Å². The van der Waals surface area contributed by atoms with Crippen LogP contribution in [0, 0.1) is 5.41 Å². The average molecular weight is 289 g/mol. The van der Waals surface area contributed by atoms with E-state index in [9.17, 15) is 4.79 Å². The standard InChI is InChI=1S/C17H27N3O/c1-3-17(4-2)8-10-20(11-9-17)16(21)19-15-7-5-6-14(12-15)13-18/h5-7,12H,3-4,8-11,13,18H2,1-2H3,(H,19,21). The Morgan fingerprint density at radius 3 is 2.52 bits per heavy atom. The van der Waals surface area contributed by atoms with Gasteiger partial charge in [0.25, 0.3) is 0 Å². The molecule has 0 aliphatic carbocycles. The molecule has 0 saturated carbocycles. The van der Waals surface area contributed by atoms with Crippen molar-refractivity contribution in [3.8, 4) is 0 Å². The first-order valence-corrected chi connectivity index (χ1v) is 7.97. The quantitative estimate of drug-likeness (QED) is 0.890. The molecule has 0 radical (unpaired) electrons. The summed E-state index contributed by atoms with van der Waals surface area (Å²) in [6.07, 6.45) is 4.63. The summed E-state index contributed by atoms with van der Waals surface area (Å²) in [6, 6.07) is 7.73. The maximum Gasteiger partial charge on any atom is 0.321 e. The molecule has 1 fully saturated rings. The number of urea groups is 1. The molecule has 4 nitrogen and oxygen atoms in total. The maximum absolute atomic E-state index is 12.3. The van der Waals surface area contributed by atoms with E-state index in [0.29, 0.717) is 12.0 Å². The normalized spacial score (nSPS) is 17.6. The molecule has 116 valence electrons. The van der Waals surface area contributed by atoms with Gasteiger partial charge < -0.3 is 16.0 Å². The highest BCUT2D eigenvalue weighted by molar-refractivity contribution is 5.89. The van der Waals surface area contributed by atoms with Gasteiger partial charge in [-0.05, 0) is 36.0 Å². The molecule has 1 aliphatic heterocycles. The summed E-state index contributed by atoms with van der Waals surface area (Å²) >= 11 is 0. The summed E-state index contributed by atoms with van der Waals surface area (Å²) in [4.78, 5) is 14.3. The van der Waals surface area contributed by atoms with Crippen molar-refractivity contribution in [1.29, 1.82) is 0 Å². The Morgan fingerprint density at radius 1 is 1.29 bits per heavy atom. The van der Waals surface area contributed by atoms with Crippen molar-refractivity contribution in [3.05, 3.63) is 29.8 Å². The van der Waals surface area contributed by atoms with E-state index in [2.05, 4.69) is 19.2 Å². The third kappa shape index (κ3) is 3.76. The number of carbonyl (C=O) groups excluding carboxylic acids is 1. The zero-order valence-electron chi connectivity index (χ0n) is 13.2. The van der Waals surface area contributed by atoms with Crippen LogP contribution in [-0.4, -0.2) is 24.0 Å². The highest BCUT2D eigenvalue weighted by atomic mass is 16.2. The molecule has 3 N–H and O–H groups in total. The summed E-state index contributed by atoms with van der Waals surface area (Å²) in [5.41, 5.74) is 7.93. The lowest BCUT2D eigenvalue weighted by Crippen LogP contribution is -2.44. The maximum atomic E-state index is 12.3. The average Bonchev–Trinajstić information content (AvgIpc) is 2.55. The van der Waals surface area contributed by atoms with Crippen LogP contribution in [0.25, 0.3) is 0 Å². The number of amides is 2. The van der Waals surface area contributed by atoms with Crippen molar-refractivity contribution < 1.29 is 4.79 Å². The fraction of sp³-hybridized carbons (Fsp3) is 0.588. The number of benzene rings is 1. The van der Waals surface area contributed by atoms with E-state index >= 15 is 0 Å². The minimum atomic E-state index is 0.00461. The predicted molar refractivity (Wildman–Crippen MR) is 87.2 cm³/mol. The molecule has 21 heavy (non-hydrogen) atoms. The van der Waals surface area contributed by atoms with Crippen LogP contribution in [0.1, 0.15) is 45.1 Å². The van der Waals surface area contributed by atoms with Crippen molar-refractivity contribution in [2.75, 3.05) is 18.4 Å². The molecule has 0 atom stereocenters. The number of nitrogens with one attached hydrogen (secondary N) is 1. The number of piperidine rings is 1. The summed E-state index contributed by atoms with van der Waals surface area (Å²) in [5.74, 6) is 0. The van der Waals surface area contributed by atoms with Crippen LogP contribution in [0.15, 0.2) is 24.3 Å². The van der Waals surface area contributed by atoms with Crippen LogP contribution in [0.4, 0.5) is 10.5 Å². The van der Waals surface area contributed by atoms with Gasteiger partial charge in [-0.3, -0.25) is 0 Å². The lowest BCUT2D eigenvalue weighted by Gasteiger charge is -2.40. The van der Waals surface area contributed by atoms with E-state index in [1.165, 1.54) is 12.8 Å². The fourth-order valence-electron chi connectivity index (χ4n) is 3.12. The molecule has 1 saturated heterocycles. The van der Waals surface area contributed by atoms with Gasteiger partial charge in [-0.15, -0.1) is 0 Å². The van der Waals surface area contributed by atoms with Gasteiger partial charge >= 0.3 is 6.03 Å². The minimum Gasteiger partial charge on any atom is -0.326 e. The summed E-state index contributed by atoms with van der Waals surface area (Å²) in [7, 11) is 0. The van der Waals surface area contributed by atoms with Crippen LogP contribution in [-0.2, 0) is 6.54 Å². The SMILES string of the molecule is CCC1(CC)CCN(C(=O)Nc2cccc(CN)c2)CC1. The van der Waals surface area contributed by atoms with Gasteiger partial charge in [0.1, 0.15) is 0 Å². The topological polar surface area (TPSA) is 58.4 Å². The molecule has 0 aromatic heterocycles. The second kappa shape index (κ2) is 6.94. The van der Waals surface area contributed by atoms with E-state index in [1.54, 1.807) is 0 Å². The highest BCUT2D eigenvalue weighted by Crippen LogP contribution is 2.37. The largest absolute Gasteiger partial charge is 0.326 e. The van der Waals surface area contributed by atoms with Gasteiger partial charge in [-0.2, -0.15) is 0 Å². The smallest absolute Gasteiger partial charge is 0.321 e. The monoisotopic (exact) mass is 289 g/mol. The summed E-state index contributed by atoms with van der Waals surface area (Å²) < 4.78 is 0. The Morgan fingerprint density at radius 2 is 1.95 bits per heavy atom. The highest BCUT2D eigenvalue weighted by Gasteiger charge is 2.32. The van der Waals surface area contributed by atoms with Gasteiger partial charge in [-0.25, -0.2) is 4.79 Å². The van der Waals surface area contributed by atoms with Crippen LogP contribution in [0.2, 0.25) is 0 Å². The number of rotatable bonds is 4. The third-order valence-corrected chi connectivity index (χ3v) is 5.03. The number of anilines is 1. The van der Waals surface area contributed by atoms with Crippen molar-refractivity contribution in [2.45, 2.75) is 46.1 Å². The van der Waals surface area contributed by atoms with Crippen molar-refractivity contribution >= 4 is 11.7 Å². The Balaban J connectivity index is 1.93. The molecule has 1 aliphatic rings. The van der Waals surface area contributed by atoms with Gasteiger partial charge in [0, 0.05) is 25.3 Å². The molecule has 0 spiro atoms. The van der Waals surface area contributed by atoms with Crippen LogP contribution in [0.5, 0.6) is 0 Å². The van der Waals surface area contributed by atoms with Crippen LogP contribution < -0.4 is 11.1 Å². The van der Waals surface area contributed by atoms with Gasteiger partial charge in [-0.1, -0.05) is 38.8 Å². The van der Waals surface area contributed by atoms with Crippen molar-refractivity contribution in [2.24, 2.45) is 11.1 Å². The minimum absolute atomic E-state index is 0.00461. The Hall–Kier alpha value is -1.55. The van der Waals surface area contributed by atoms with E-state index in [1.807, 2.05) is 29.2 Å².